The van der Waals surface area contributed by atoms with Crippen LogP contribution < -0.4 is 10.2 Å². The number of nitrogens with zero attached hydrogens (tertiary/aromatic N) is 1. The quantitative estimate of drug-likeness (QED) is 0.817. The van der Waals surface area contributed by atoms with E-state index >= 15 is 0 Å². The Bertz CT molecular complexity index is 432. The Labute approximate surface area is 122 Å². The van der Waals surface area contributed by atoms with Crippen molar-refractivity contribution in [1.29, 1.82) is 0 Å². The van der Waals surface area contributed by atoms with Gasteiger partial charge in [0.05, 0.1) is 0 Å². The highest BCUT2D eigenvalue weighted by atomic mass is 79.9. The topological polar surface area (TPSA) is 49.4 Å². The molecule has 104 valence electrons. The molecule has 1 N–H and O–H groups in total. The lowest BCUT2D eigenvalue weighted by atomic mass is 10.2. The van der Waals surface area contributed by atoms with Crippen LogP contribution in [-0.2, 0) is 9.59 Å². The number of anilines is 1. The average Bonchev–Trinajstić information content (AvgIpc) is 2.34. The second kappa shape index (κ2) is 7.94. The molecule has 0 radical (unpaired) electrons. The summed E-state index contributed by atoms with van der Waals surface area (Å²) in [4.78, 5) is 24.1. The summed E-state index contributed by atoms with van der Waals surface area (Å²) >= 11 is 3.37. The van der Waals surface area contributed by atoms with Crippen molar-refractivity contribution in [3.8, 4) is 0 Å². The van der Waals surface area contributed by atoms with Crippen molar-refractivity contribution in [3.05, 3.63) is 28.7 Å². The van der Waals surface area contributed by atoms with Gasteiger partial charge >= 0.3 is 0 Å². The van der Waals surface area contributed by atoms with Crippen LogP contribution in [0.5, 0.6) is 0 Å². The number of amides is 2. The lowest BCUT2D eigenvalue weighted by Crippen LogP contribution is -2.30. The summed E-state index contributed by atoms with van der Waals surface area (Å²) in [6.07, 6.45) is 1.72. The molecule has 4 nitrogen and oxygen atoms in total. The summed E-state index contributed by atoms with van der Waals surface area (Å²) in [7, 11) is 0. The highest BCUT2D eigenvalue weighted by molar-refractivity contribution is 9.10. The van der Waals surface area contributed by atoms with Crippen molar-refractivity contribution < 1.29 is 9.59 Å². The smallest absolute Gasteiger partial charge is 0.223 e. The van der Waals surface area contributed by atoms with Gasteiger partial charge in [0.25, 0.3) is 0 Å². The molecule has 0 aliphatic rings. The van der Waals surface area contributed by atoms with Crippen molar-refractivity contribution in [2.24, 2.45) is 0 Å². The van der Waals surface area contributed by atoms with Crippen molar-refractivity contribution in [1.82, 2.24) is 5.32 Å². The average molecular weight is 327 g/mol. The first-order valence-corrected chi connectivity index (χ1v) is 7.08. The van der Waals surface area contributed by atoms with Gasteiger partial charge < -0.3 is 10.2 Å². The monoisotopic (exact) mass is 326 g/mol. The van der Waals surface area contributed by atoms with Gasteiger partial charge in [-0.2, -0.15) is 0 Å². The van der Waals surface area contributed by atoms with E-state index in [4.69, 9.17) is 0 Å². The van der Waals surface area contributed by atoms with Crippen LogP contribution in [0.15, 0.2) is 28.7 Å². The van der Waals surface area contributed by atoms with Crippen LogP contribution in [0.1, 0.15) is 26.7 Å². The van der Waals surface area contributed by atoms with Crippen LogP contribution >= 0.6 is 15.9 Å². The fourth-order valence-electron chi connectivity index (χ4n) is 1.75. The SMILES string of the molecule is CC(=O)NCCCCN(C(C)=O)c1ccc(Br)cc1. The lowest BCUT2D eigenvalue weighted by Gasteiger charge is -2.21. The van der Waals surface area contributed by atoms with Gasteiger partial charge in [0.2, 0.25) is 11.8 Å². The van der Waals surface area contributed by atoms with E-state index in [9.17, 15) is 9.59 Å². The predicted octanol–water partition coefficient (Wildman–Crippen LogP) is 2.72. The first-order valence-electron chi connectivity index (χ1n) is 6.29. The molecule has 0 spiro atoms. The van der Waals surface area contributed by atoms with E-state index < -0.39 is 0 Å². The molecule has 0 saturated heterocycles. The fourth-order valence-corrected chi connectivity index (χ4v) is 2.01. The molecular formula is C14H19BrN2O2. The van der Waals surface area contributed by atoms with Crippen molar-refractivity contribution in [2.45, 2.75) is 26.7 Å². The molecule has 0 saturated carbocycles. The van der Waals surface area contributed by atoms with Crippen molar-refractivity contribution in [3.63, 3.8) is 0 Å². The molecule has 0 heterocycles. The third-order valence-corrected chi connectivity index (χ3v) is 3.23. The highest BCUT2D eigenvalue weighted by Gasteiger charge is 2.10. The standard InChI is InChI=1S/C14H19BrN2O2/c1-11(18)16-9-3-4-10-17(12(2)19)14-7-5-13(15)6-8-14/h5-8H,3-4,9-10H2,1-2H3,(H,16,18). The van der Waals surface area contributed by atoms with E-state index in [0.717, 1.165) is 23.0 Å². The zero-order valence-corrected chi connectivity index (χ0v) is 12.9. The number of benzene rings is 1. The van der Waals surface area contributed by atoms with E-state index in [1.165, 1.54) is 6.92 Å². The second-order valence-corrected chi connectivity index (χ2v) is 5.25. The maximum Gasteiger partial charge on any atom is 0.223 e. The number of carbonyl (C=O) groups excluding carboxylic acids is 2. The predicted molar refractivity (Wildman–Crippen MR) is 80.1 cm³/mol. The zero-order chi connectivity index (χ0) is 14.3. The minimum absolute atomic E-state index is 0.0173. The molecule has 19 heavy (non-hydrogen) atoms. The van der Waals surface area contributed by atoms with Gasteiger partial charge in [0.15, 0.2) is 0 Å². The Morgan fingerprint density at radius 2 is 1.79 bits per heavy atom. The summed E-state index contributed by atoms with van der Waals surface area (Å²) in [5.41, 5.74) is 0.898. The van der Waals surface area contributed by atoms with Crippen LogP contribution in [0, 0.1) is 0 Å². The third-order valence-electron chi connectivity index (χ3n) is 2.70. The molecule has 0 aliphatic carbocycles. The maximum absolute atomic E-state index is 11.6. The van der Waals surface area contributed by atoms with Gasteiger partial charge in [-0.1, -0.05) is 15.9 Å². The Morgan fingerprint density at radius 3 is 2.32 bits per heavy atom. The van der Waals surface area contributed by atoms with E-state index in [2.05, 4.69) is 21.2 Å². The molecule has 0 aromatic heterocycles. The summed E-state index contributed by atoms with van der Waals surface area (Å²) < 4.78 is 0.991. The molecule has 0 fully saturated rings. The number of hydrogen-bond acceptors (Lipinski definition) is 2. The number of halogens is 1. The van der Waals surface area contributed by atoms with E-state index in [1.54, 1.807) is 11.8 Å². The van der Waals surface area contributed by atoms with E-state index in [0.29, 0.717) is 13.1 Å². The highest BCUT2D eigenvalue weighted by Crippen LogP contribution is 2.19. The molecule has 0 unspecified atom stereocenters. The summed E-state index contributed by atoms with van der Waals surface area (Å²) in [6.45, 7) is 4.39. The first-order chi connectivity index (χ1) is 9.00. The molecule has 0 atom stereocenters. The van der Waals surface area contributed by atoms with Gasteiger partial charge in [0, 0.05) is 37.1 Å². The van der Waals surface area contributed by atoms with Gasteiger partial charge in [-0.3, -0.25) is 9.59 Å². The lowest BCUT2D eigenvalue weighted by molar-refractivity contribution is -0.119. The molecule has 0 aliphatic heterocycles. The van der Waals surface area contributed by atoms with Crippen LogP contribution in [0.25, 0.3) is 0 Å². The number of nitrogens with one attached hydrogen (secondary N) is 1. The molecule has 1 aromatic carbocycles. The number of unbranched alkanes of at least 4 members (excludes halogenated alkanes) is 1. The minimum atomic E-state index is -0.0173. The Balaban J connectivity index is 2.47. The van der Waals surface area contributed by atoms with Crippen LogP contribution in [0.2, 0.25) is 0 Å². The van der Waals surface area contributed by atoms with E-state index in [1.807, 2.05) is 24.3 Å². The first kappa shape index (κ1) is 15.7. The maximum atomic E-state index is 11.6. The van der Waals surface area contributed by atoms with Gasteiger partial charge in [-0.25, -0.2) is 0 Å². The van der Waals surface area contributed by atoms with Crippen molar-refractivity contribution in [2.75, 3.05) is 18.0 Å². The third kappa shape index (κ3) is 5.87. The zero-order valence-electron chi connectivity index (χ0n) is 11.3. The molecule has 0 bridgehead atoms. The van der Waals surface area contributed by atoms with Crippen LogP contribution in [-0.4, -0.2) is 24.9 Å². The van der Waals surface area contributed by atoms with Gasteiger partial charge in [0.1, 0.15) is 0 Å². The van der Waals surface area contributed by atoms with Gasteiger partial charge in [-0.05, 0) is 37.1 Å². The molecule has 1 rings (SSSR count). The number of carbonyl (C=O) groups is 2. The fraction of sp³-hybridized carbons (Fsp3) is 0.429. The Morgan fingerprint density at radius 1 is 1.16 bits per heavy atom. The molecular weight excluding hydrogens is 308 g/mol. The normalized spacial score (nSPS) is 10.1. The Hall–Kier alpha value is -1.36. The molecule has 5 heteroatoms. The van der Waals surface area contributed by atoms with Crippen LogP contribution in [0.3, 0.4) is 0 Å². The van der Waals surface area contributed by atoms with Crippen molar-refractivity contribution >= 4 is 33.4 Å². The number of hydrogen-bond donors (Lipinski definition) is 1. The summed E-state index contributed by atoms with van der Waals surface area (Å²) in [6, 6.07) is 7.67. The molecule has 1 aromatic rings. The summed E-state index contributed by atoms with van der Waals surface area (Å²) in [5, 5.41) is 2.75. The molecule has 2 amide bonds. The van der Waals surface area contributed by atoms with Crippen LogP contribution in [0.4, 0.5) is 5.69 Å². The minimum Gasteiger partial charge on any atom is -0.356 e. The summed E-state index contributed by atoms with van der Waals surface area (Å²) in [5.74, 6) is 0.0122. The van der Waals surface area contributed by atoms with Gasteiger partial charge in [-0.15, -0.1) is 0 Å². The largest absolute Gasteiger partial charge is 0.356 e. The Kier molecular flexibility index (Phi) is 6.56. The number of rotatable bonds is 6. The second-order valence-electron chi connectivity index (χ2n) is 4.34. The van der Waals surface area contributed by atoms with E-state index in [-0.39, 0.29) is 11.8 Å².